The zero-order valence-electron chi connectivity index (χ0n) is 11.9. The fourth-order valence-corrected chi connectivity index (χ4v) is 3.31. The second kappa shape index (κ2) is 6.39. The van der Waals surface area contributed by atoms with Crippen LogP contribution in [0.5, 0.6) is 0 Å². The second-order valence-corrected chi connectivity index (χ2v) is 6.29. The first-order valence-corrected chi connectivity index (χ1v) is 8.31. The summed E-state index contributed by atoms with van der Waals surface area (Å²) in [5.41, 5.74) is 0. The number of terminal acetylenes is 1. The molecular weight excluding hydrogens is 286 g/mol. The second-order valence-electron chi connectivity index (χ2n) is 5.35. The molecular formula is C14H19N5OS. The summed E-state index contributed by atoms with van der Waals surface area (Å²) < 4.78 is 2.21. The van der Waals surface area contributed by atoms with Gasteiger partial charge in [-0.05, 0) is 25.7 Å². The Hall–Kier alpha value is -1.68. The molecule has 3 rings (SSSR count). The number of aromatic nitrogens is 3. The number of nitrogens with zero attached hydrogens (tertiary/aromatic N) is 4. The van der Waals surface area contributed by atoms with Gasteiger partial charge in [0.1, 0.15) is 0 Å². The maximum atomic E-state index is 11.6. The van der Waals surface area contributed by atoms with Crippen molar-refractivity contribution in [3.8, 4) is 12.3 Å². The maximum absolute atomic E-state index is 11.6. The van der Waals surface area contributed by atoms with Gasteiger partial charge in [-0.15, -0.1) is 16.6 Å². The van der Waals surface area contributed by atoms with Crippen LogP contribution in [0, 0.1) is 12.3 Å². The van der Waals surface area contributed by atoms with E-state index in [1.807, 2.05) is 0 Å². The van der Waals surface area contributed by atoms with E-state index in [-0.39, 0.29) is 12.5 Å². The normalized spacial score (nSPS) is 17.8. The molecule has 0 atom stereocenters. The minimum absolute atomic E-state index is 0.0639. The minimum atomic E-state index is -0.0639. The number of nitrogens with one attached hydrogen (secondary N) is 1. The zero-order valence-corrected chi connectivity index (χ0v) is 12.7. The van der Waals surface area contributed by atoms with Gasteiger partial charge in [0.25, 0.3) is 0 Å². The van der Waals surface area contributed by atoms with Crippen molar-refractivity contribution in [3.05, 3.63) is 0 Å². The molecule has 2 aliphatic rings. The Morgan fingerprint density at radius 2 is 2.14 bits per heavy atom. The van der Waals surface area contributed by atoms with Gasteiger partial charge in [-0.2, -0.15) is 0 Å². The Kier molecular flexibility index (Phi) is 4.34. The first kappa shape index (κ1) is 14.3. The topological polar surface area (TPSA) is 63.1 Å². The average molecular weight is 305 g/mol. The maximum Gasteiger partial charge on any atom is 0.231 e. The van der Waals surface area contributed by atoms with E-state index in [2.05, 4.69) is 30.9 Å². The summed E-state index contributed by atoms with van der Waals surface area (Å²) in [7, 11) is 0. The van der Waals surface area contributed by atoms with Crippen LogP contribution in [0.4, 0.5) is 5.95 Å². The van der Waals surface area contributed by atoms with Gasteiger partial charge in [0.2, 0.25) is 11.9 Å². The van der Waals surface area contributed by atoms with Crippen molar-refractivity contribution < 1.29 is 4.79 Å². The van der Waals surface area contributed by atoms with Crippen molar-refractivity contribution in [2.45, 2.75) is 36.9 Å². The Morgan fingerprint density at radius 3 is 2.81 bits per heavy atom. The Labute approximate surface area is 128 Å². The van der Waals surface area contributed by atoms with Crippen LogP contribution in [0.15, 0.2) is 5.16 Å². The first-order chi connectivity index (χ1) is 10.3. The van der Waals surface area contributed by atoms with Crippen LogP contribution >= 0.6 is 11.8 Å². The Balaban J connectivity index is 1.67. The van der Waals surface area contributed by atoms with Crippen LogP contribution in [0.2, 0.25) is 0 Å². The summed E-state index contributed by atoms with van der Waals surface area (Å²) in [6.07, 6.45) is 9.91. The highest BCUT2D eigenvalue weighted by molar-refractivity contribution is 7.99. The SMILES string of the molecule is C#CCNC(=O)CSc1nnc(N2CCCC2)n1C1CC1. The van der Waals surface area contributed by atoms with Crippen molar-refractivity contribution >= 4 is 23.6 Å². The van der Waals surface area contributed by atoms with E-state index in [0.717, 1.165) is 24.2 Å². The molecule has 0 bridgehead atoms. The molecule has 1 aromatic rings. The largest absolute Gasteiger partial charge is 0.344 e. The van der Waals surface area contributed by atoms with Crippen LogP contribution in [0.25, 0.3) is 0 Å². The van der Waals surface area contributed by atoms with Gasteiger partial charge in [0, 0.05) is 19.1 Å². The number of carbonyl (C=O) groups is 1. The third kappa shape index (κ3) is 3.32. The lowest BCUT2D eigenvalue weighted by Crippen LogP contribution is -2.25. The summed E-state index contributed by atoms with van der Waals surface area (Å²) in [4.78, 5) is 13.9. The number of amides is 1. The van der Waals surface area contributed by atoms with E-state index in [9.17, 15) is 4.79 Å². The third-order valence-electron chi connectivity index (χ3n) is 3.67. The first-order valence-electron chi connectivity index (χ1n) is 7.32. The molecule has 1 saturated carbocycles. The lowest BCUT2D eigenvalue weighted by atomic mass is 10.4. The number of thioether (sulfide) groups is 1. The average Bonchev–Trinajstić information content (AvgIpc) is 3.03. The van der Waals surface area contributed by atoms with Crippen molar-refractivity contribution in [1.82, 2.24) is 20.1 Å². The zero-order chi connectivity index (χ0) is 14.7. The molecule has 7 heteroatoms. The molecule has 1 amide bonds. The molecule has 2 fully saturated rings. The van der Waals surface area contributed by atoms with Crippen LogP contribution in [-0.4, -0.2) is 46.1 Å². The van der Waals surface area contributed by atoms with E-state index in [1.165, 1.54) is 37.4 Å². The molecule has 1 saturated heterocycles. The predicted molar refractivity (Wildman–Crippen MR) is 82.3 cm³/mol. The number of hydrogen-bond acceptors (Lipinski definition) is 5. The van der Waals surface area contributed by atoms with E-state index < -0.39 is 0 Å². The quantitative estimate of drug-likeness (QED) is 0.629. The Bertz CT molecular complexity index is 554. The van der Waals surface area contributed by atoms with Crippen LogP contribution in [-0.2, 0) is 4.79 Å². The number of carbonyl (C=O) groups excluding carboxylic acids is 1. The van der Waals surface area contributed by atoms with Crippen molar-refractivity contribution in [2.75, 3.05) is 30.3 Å². The van der Waals surface area contributed by atoms with Gasteiger partial charge in [-0.3, -0.25) is 9.36 Å². The molecule has 112 valence electrons. The highest BCUT2D eigenvalue weighted by Gasteiger charge is 2.32. The van der Waals surface area contributed by atoms with E-state index in [0.29, 0.717) is 11.8 Å². The minimum Gasteiger partial charge on any atom is -0.344 e. The van der Waals surface area contributed by atoms with E-state index in [4.69, 9.17) is 6.42 Å². The molecule has 21 heavy (non-hydrogen) atoms. The molecule has 1 N–H and O–H groups in total. The summed E-state index contributed by atoms with van der Waals surface area (Å²) in [6, 6.07) is 0.506. The molecule has 0 radical (unpaired) electrons. The molecule has 2 heterocycles. The molecule has 1 aliphatic heterocycles. The molecule has 1 aliphatic carbocycles. The monoisotopic (exact) mass is 305 g/mol. The van der Waals surface area contributed by atoms with Gasteiger partial charge in [-0.1, -0.05) is 17.7 Å². The lowest BCUT2D eigenvalue weighted by Gasteiger charge is -2.17. The highest BCUT2D eigenvalue weighted by Crippen LogP contribution is 2.41. The highest BCUT2D eigenvalue weighted by atomic mass is 32.2. The summed E-state index contributed by atoms with van der Waals surface area (Å²) in [5, 5.41) is 12.1. The van der Waals surface area contributed by atoms with Crippen LogP contribution in [0.3, 0.4) is 0 Å². The van der Waals surface area contributed by atoms with E-state index in [1.54, 1.807) is 0 Å². The molecule has 1 aromatic heterocycles. The van der Waals surface area contributed by atoms with Crippen LogP contribution < -0.4 is 10.2 Å². The van der Waals surface area contributed by atoms with Gasteiger partial charge >= 0.3 is 0 Å². The van der Waals surface area contributed by atoms with Crippen molar-refractivity contribution in [1.29, 1.82) is 0 Å². The van der Waals surface area contributed by atoms with Crippen molar-refractivity contribution in [2.24, 2.45) is 0 Å². The summed E-state index contributed by atoms with van der Waals surface area (Å²) >= 11 is 1.44. The van der Waals surface area contributed by atoms with Gasteiger partial charge in [0.05, 0.1) is 12.3 Å². The lowest BCUT2D eigenvalue weighted by molar-refractivity contribution is -0.118. The van der Waals surface area contributed by atoms with Crippen molar-refractivity contribution in [3.63, 3.8) is 0 Å². The number of hydrogen-bond donors (Lipinski definition) is 1. The molecule has 0 unspecified atom stereocenters. The predicted octanol–water partition coefficient (Wildman–Crippen LogP) is 1.05. The van der Waals surface area contributed by atoms with Gasteiger partial charge < -0.3 is 10.2 Å². The molecule has 6 nitrogen and oxygen atoms in total. The smallest absolute Gasteiger partial charge is 0.231 e. The molecule has 0 spiro atoms. The fraction of sp³-hybridized carbons (Fsp3) is 0.643. The van der Waals surface area contributed by atoms with E-state index >= 15 is 0 Å². The van der Waals surface area contributed by atoms with Gasteiger partial charge in [0.15, 0.2) is 5.16 Å². The summed E-state index contributed by atoms with van der Waals surface area (Å²) in [6.45, 7) is 2.38. The van der Waals surface area contributed by atoms with Crippen LogP contribution in [0.1, 0.15) is 31.7 Å². The summed E-state index contributed by atoms with van der Waals surface area (Å²) in [5.74, 6) is 3.63. The number of rotatable bonds is 6. The standard InChI is InChI=1S/C14H19N5OS/c1-2-7-15-12(20)10-21-14-17-16-13(18-8-3-4-9-18)19(14)11-5-6-11/h1,11H,3-10H2,(H,15,20). The van der Waals surface area contributed by atoms with Gasteiger partial charge in [-0.25, -0.2) is 0 Å². The number of anilines is 1. The molecule has 0 aromatic carbocycles. The third-order valence-corrected chi connectivity index (χ3v) is 4.61. The Morgan fingerprint density at radius 1 is 1.38 bits per heavy atom. The fourth-order valence-electron chi connectivity index (χ4n) is 2.48.